The summed E-state index contributed by atoms with van der Waals surface area (Å²) in [7, 11) is 0. The zero-order valence-electron chi connectivity index (χ0n) is 13.4. The molecule has 0 spiro atoms. The molecule has 0 fully saturated rings. The van der Waals surface area contributed by atoms with E-state index in [-0.39, 0.29) is 6.61 Å². The molecule has 0 heterocycles. The predicted octanol–water partition coefficient (Wildman–Crippen LogP) is 3.08. The van der Waals surface area contributed by atoms with Crippen LogP contribution in [0, 0.1) is 12.7 Å². The lowest BCUT2D eigenvalue weighted by atomic mass is 10.2. The van der Waals surface area contributed by atoms with Gasteiger partial charge in [0.2, 0.25) is 0 Å². The van der Waals surface area contributed by atoms with E-state index >= 15 is 0 Å². The summed E-state index contributed by atoms with van der Waals surface area (Å²) in [6.45, 7) is 3.02. The normalized spacial score (nSPS) is 11.5. The van der Waals surface area contributed by atoms with Crippen LogP contribution < -0.4 is 10.1 Å². The van der Waals surface area contributed by atoms with Gasteiger partial charge < -0.3 is 14.8 Å². The van der Waals surface area contributed by atoms with Crippen LogP contribution in [0.15, 0.2) is 48.5 Å². The number of benzene rings is 2. The minimum absolute atomic E-state index is 0.293. The van der Waals surface area contributed by atoms with Gasteiger partial charge >= 0.3 is 5.97 Å². The molecule has 0 bridgehead atoms. The first kappa shape index (κ1) is 17.5. The number of aryl methyl sites for hydroxylation is 1. The van der Waals surface area contributed by atoms with Crippen molar-refractivity contribution in [2.45, 2.75) is 20.0 Å². The van der Waals surface area contributed by atoms with Crippen molar-refractivity contribution < 1.29 is 23.5 Å². The lowest BCUT2D eigenvalue weighted by Gasteiger charge is -2.14. The zero-order valence-corrected chi connectivity index (χ0v) is 13.4. The standard InChI is InChI=1S/C18H18FNO4/c1-12-5-3-4-6-16(12)23-11-17(21)24-13(2)18(22)20-15-9-7-14(19)8-10-15/h3-10,13H,11H2,1-2H3,(H,20,22)/t13-/m0/s1. The van der Waals surface area contributed by atoms with Gasteiger partial charge in [0.25, 0.3) is 5.91 Å². The molecule has 2 aromatic rings. The van der Waals surface area contributed by atoms with Crippen LogP contribution in [0.5, 0.6) is 5.75 Å². The Labute approximate surface area is 139 Å². The molecule has 2 rings (SSSR count). The maximum atomic E-state index is 12.8. The molecule has 0 aliphatic rings. The van der Waals surface area contributed by atoms with Crippen LogP contribution in [0.25, 0.3) is 0 Å². The number of carbonyl (C=O) groups excluding carboxylic acids is 2. The minimum atomic E-state index is -0.997. The highest BCUT2D eigenvalue weighted by atomic mass is 19.1. The Morgan fingerprint density at radius 2 is 1.79 bits per heavy atom. The van der Waals surface area contributed by atoms with Crippen LogP contribution >= 0.6 is 0 Å². The van der Waals surface area contributed by atoms with Crippen molar-refractivity contribution in [3.8, 4) is 5.75 Å². The van der Waals surface area contributed by atoms with Gasteiger partial charge in [-0.25, -0.2) is 9.18 Å². The van der Waals surface area contributed by atoms with E-state index in [4.69, 9.17) is 9.47 Å². The summed E-state index contributed by atoms with van der Waals surface area (Å²) >= 11 is 0. The average Bonchev–Trinajstić information content (AvgIpc) is 2.56. The predicted molar refractivity (Wildman–Crippen MR) is 87.3 cm³/mol. The Hall–Kier alpha value is -2.89. The smallest absolute Gasteiger partial charge is 0.344 e. The van der Waals surface area contributed by atoms with Crippen LogP contribution in [-0.2, 0) is 14.3 Å². The molecule has 0 saturated heterocycles. The number of anilines is 1. The number of hydrogen-bond donors (Lipinski definition) is 1. The lowest BCUT2D eigenvalue weighted by molar-refractivity contribution is -0.155. The number of rotatable bonds is 6. The minimum Gasteiger partial charge on any atom is -0.482 e. The molecule has 6 heteroatoms. The van der Waals surface area contributed by atoms with E-state index in [1.54, 1.807) is 12.1 Å². The third-order valence-corrected chi connectivity index (χ3v) is 3.23. The molecule has 0 aliphatic heterocycles. The fourth-order valence-corrected chi connectivity index (χ4v) is 1.92. The molecular formula is C18H18FNO4. The first-order valence-electron chi connectivity index (χ1n) is 7.40. The highest BCUT2D eigenvalue weighted by molar-refractivity contribution is 5.95. The SMILES string of the molecule is Cc1ccccc1OCC(=O)O[C@@H](C)C(=O)Nc1ccc(F)cc1. The Balaban J connectivity index is 1.81. The molecule has 1 amide bonds. The highest BCUT2D eigenvalue weighted by Crippen LogP contribution is 2.16. The van der Waals surface area contributed by atoms with Gasteiger partial charge in [0.15, 0.2) is 12.7 Å². The van der Waals surface area contributed by atoms with Crippen LogP contribution in [0.1, 0.15) is 12.5 Å². The van der Waals surface area contributed by atoms with Gasteiger partial charge in [-0.2, -0.15) is 0 Å². The molecule has 1 N–H and O–H groups in total. The molecule has 0 aliphatic carbocycles. The summed E-state index contributed by atoms with van der Waals surface area (Å²) in [5.74, 6) is -0.982. The quantitative estimate of drug-likeness (QED) is 0.826. The van der Waals surface area contributed by atoms with Crippen LogP contribution in [0.4, 0.5) is 10.1 Å². The lowest BCUT2D eigenvalue weighted by Crippen LogP contribution is -2.31. The number of carbonyl (C=O) groups is 2. The van der Waals surface area contributed by atoms with E-state index in [1.807, 2.05) is 19.1 Å². The number of para-hydroxylation sites is 1. The van der Waals surface area contributed by atoms with Crippen molar-refractivity contribution in [2.75, 3.05) is 11.9 Å². The first-order chi connectivity index (χ1) is 11.5. The van der Waals surface area contributed by atoms with Gasteiger partial charge in [-0.3, -0.25) is 4.79 Å². The van der Waals surface area contributed by atoms with E-state index in [2.05, 4.69) is 5.32 Å². The molecule has 0 radical (unpaired) electrons. The van der Waals surface area contributed by atoms with Gasteiger partial charge in [-0.1, -0.05) is 18.2 Å². The fourth-order valence-electron chi connectivity index (χ4n) is 1.92. The van der Waals surface area contributed by atoms with Crippen LogP contribution in [0.3, 0.4) is 0 Å². The summed E-state index contributed by atoms with van der Waals surface area (Å²) in [4.78, 5) is 23.7. The van der Waals surface area contributed by atoms with Crippen molar-refractivity contribution in [1.82, 2.24) is 0 Å². The Kier molecular flexibility index (Phi) is 5.89. The molecular weight excluding hydrogens is 313 g/mol. The summed E-state index contributed by atoms with van der Waals surface area (Å²) in [6, 6.07) is 12.6. The molecule has 126 valence electrons. The molecule has 1 atom stereocenters. The van der Waals surface area contributed by atoms with Crippen molar-refractivity contribution in [1.29, 1.82) is 0 Å². The Morgan fingerprint density at radius 1 is 1.12 bits per heavy atom. The molecule has 24 heavy (non-hydrogen) atoms. The number of esters is 1. The van der Waals surface area contributed by atoms with E-state index in [0.717, 1.165) is 5.56 Å². The third kappa shape index (κ3) is 5.08. The first-order valence-corrected chi connectivity index (χ1v) is 7.40. The maximum Gasteiger partial charge on any atom is 0.344 e. The van der Waals surface area contributed by atoms with Gasteiger partial charge in [0, 0.05) is 5.69 Å². The fraction of sp³-hybridized carbons (Fsp3) is 0.222. The van der Waals surface area contributed by atoms with Gasteiger partial charge in [0.05, 0.1) is 0 Å². The molecule has 2 aromatic carbocycles. The highest BCUT2D eigenvalue weighted by Gasteiger charge is 2.18. The topological polar surface area (TPSA) is 64.6 Å². The number of nitrogens with one attached hydrogen (secondary N) is 1. The summed E-state index contributed by atoms with van der Waals surface area (Å²) in [5, 5.41) is 2.53. The van der Waals surface area contributed by atoms with Crippen molar-refractivity contribution in [3.05, 3.63) is 59.9 Å². The Bertz CT molecular complexity index is 715. The molecule has 0 aromatic heterocycles. The molecule has 0 saturated carbocycles. The van der Waals surface area contributed by atoms with E-state index in [1.165, 1.54) is 31.2 Å². The van der Waals surface area contributed by atoms with Crippen molar-refractivity contribution in [3.63, 3.8) is 0 Å². The number of hydrogen-bond acceptors (Lipinski definition) is 4. The summed E-state index contributed by atoms with van der Waals surface area (Å²) in [5.41, 5.74) is 1.31. The second kappa shape index (κ2) is 8.10. The second-order valence-corrected chi connectivity index (χ2v) is 5.18. The van der Waals surface area contributed by atoms with E-state index < -0.39 is 23.8 Å². The van der Waals surface area contributed by atoms with Crippen molar-refractivity contribution in [2.24, 2.45) is 0 Å². The Morgan fingerprint density at radius 3 is 2.46 bits per heavy atom. The largest absolute Gasteiger partial charge is 0.482 e. The number of ether oxygens (including phenoxy) is 2. The second-order valence-electron chi connectivity index (χ2n) is 5.18. The van der Waals surface area contributed by atoms with E-state index in [9.17, 15) is 14.0 Å². The molecule has 5 nitrogen and oxygen atoms in total. The number of amides is 1. The van der Waals surface area contributed by atoms with Crippen molar-refractivity contribution >= 4 is 17.6 Å². The van der Waals surface area contributed by atoms with Crippen LogP contribution in [0.2, 0.25) is 0 Å². The average molecular weight is 331 g/mol. The van der Waals surface area contributed by atoms with Gasteiger partial charge in [-0.15, -0.1) is 0 Å². The summed E-state index contributed by atoms with van der Waals surface area (Å²) in [6.07, 6.45) is -0.997. The monoisotopic (exact) mass is 331 g/mol. The van der Waals surface area contributed by atoms with E-state index in [0.29, 0.717) is 11.4 Å². The summed E-state index contributed by atoms with van der Waals surface area (Å²) < 4.78 is 23.2. The van der Waals surface area contributed by atoms with Gasteiger partial charge in [0.1, 0.15) is 11.6 Å². The zero-order chi connectivity index (χ0) is 17.5. The van der Waals surface area contributed by atoms with Crippen LogP contribution in [-0.4, -0.2) is 24.6 Å². The maximum absolute atomic E-state index is 12.8. The van der Waals surface area contributed by atoms with Gasteiger partial charge in [-0.05, 0) is 49.7 Å². The molecule has 0 unspecified atom stereocenters. The third-order valence-electron chi connectivity index (χ3n) is 3.23. The number of halogens is 1.